The standard InChI is InChI=1S/C20H18N4O5/c1-28-19-15(29-11-17(26)27)5-4-13-18(19)23-16(24-8-7-22-20(13)24)9-14(25)12-3-2-6-21-10-12/h2-6,9-10,23H,7-8,11H2,1H3,(H,26,27)/b16-9+. The Morgan fingerprint density at radius 3 is 2.93 bits per heavy atom. The minimum atomic E-state index is -1.09. The lowest BCUT2D eigenvalue weighted by Gasteiger charge is -2.32. The van der Waals surface area contributed by atoms with Crippen LogP contribution in [-0.2, 0) is 4.79 Å². The number of benzene rings is 1. The van der Waals surface area contributed by atoms with Gasteiger partial charge < -0.3 is 24.8 Å². The SMILES string of the molecule is COc1c(OCC(=O)O)ccc2c1N/C(=C\C(=O)c1cccnc1)N1CCN=C21. The van der Waals surface area contributed by atoms with Crippen molar-refractivity contribution < 1.29 is 24.2 Å². The number of ether oxygens (including phenoxy) is 2. The number of methoxy groups -OCH3 is 1. The van der Waals surface area contributed by atoms with Gasteiger partial charge in [0.25, 0.3) is 0 Å². The van der Waals surface area contributed by atoms with Crippen LogP contribution in [0.15, 0.2) is 53.5 Å². The molecule has 1 aromatic carbocycles. The minimum absolute atomic E-state index is 0.201. The highest BCUT2D eigenvalue weighted by molar-refractivity contribution is 6.11. The summed E-state index contributed by atoms with van der Waals surface area (Å²) in [5.41, 5.74) is 1.82. The number of pyridine rings is 1. The van der Waals surface area contributed by atoms with Crippen molar-refractivity contribution in [3.8, 4) is 11.5 Å². The van der Waals surface area contributed by atoms with Gasteiger partial charge in [-0.1, -0.05) is 0 Å². The zero-order chi connectivity index (χ0) is 20.4. The van der Waals surface area contributed by atoms with Crippen LogP contribution in [0, 0.1) is 0 Å². The van der Waals surface area contributed by atoms with E-state index in [1.807, 2.05) is 4.90 Å². The maximum Gasteiger partial charge on any atom is 0.341 e. The van der Waals surface area contributed by atoms with Gasteiger partial charge in [-0.15, -0.1) is 0 Å². The summed E-state index contributed by atoms with van der Waals surface area (Å²) in [6, 6.07) is 6.84. The van der Waals surface area contributed by atoms with E-state index >= 15 is 0 Å². The molecule has 0 bridgehead atoms. The number of amidine groups is 1. The van der Waals surface area contributed by atoms with Gasteiger partial charge in [-0.25, -0.2) is 4.79 Å². The van der Waals surface area contributed by atoms with E-state index in [1.54, 1.807) is 30.5 Å². The van der Waals surface area contributed by atoms with E-state index in [9.17, 15) is 9.59 Å². The number of carbonyl (C=O) groups excluding carboxylic acids is 1. The number of carboxylic acid groups (broad SMARTS) is 1. The van der Waals surface area contributed by atoms with E-state index in [-0.39, 0.29) is 11.5 Å². The lowest BCUT2D eigenvalue weighted by molar-refractivity contribution is -0.139. The number of ketones is 1. The molecule has 0 fully saturated rings. The molecule has 0 aliphatic carbocycles. The normalized spacial score (nSPS) is 15.8. The fourth-order valence-corrected chi connectivity index (χ4v) is 3.27. The number of aliphatic imine (C=N–C) groups is 1. The molecule has 2 N–H and O–H groups in total. The van der Waals surface area contributed by atoms with Crippen LogP contribution in [0.5, 0.6) is 11.5 Å². The number of hydrogen-bond acceptors (Lipinski definition) is 8. The molecule has 0 spiro atoms. The molecule has 3 heterocycles. The van der Waals surface area contributed by atoms with Crippen molar-refractivity contribution in [2.24, 2.45) is 4.99 Å². The van der Waals surface area contributed by atoms with Gasteiger partial charge in [0.1, 0.15) is 11.7 Å². The molecular weight excluding hydrogens is 376 g/mol. The van der Waals surface area contributed by atoms with E-state index in [2.05, 4.69) is 15.3 Å². The Kier molecular flexibility index (Phi) is 4.86. The molecule has 0 unspecified atom stereocenters. The monoisotopic (exact) mass is 394 g/mol. The van der Waals surface area contributed by atoms with Crippen LogP contribution in [0.2, 0.25) is 0 Å². The van der Waals surface area contributed by atoms with E-state index in [0.29, 0.717) is 41.7 Å². The number of rotatable bonds is 6. The summed E-state index contributed by atoms with van der Waals surface area (Å²) in [6.45, 7) is 0.729. The van der Waals surface area contributed by atoms with Gasteiger partial charge in [-0.05, 0) is 24.3 Å². The van der Waals surface area contributed by atoms with Crippen LogP contribution in [0.4, 0.5) is 5.69 Å². The number of carboxylic acids is 1. The van der Waals surface area contributed by atoms with Crippen molar-refractivity contribution in [3.05, 3.63) is 59.7 Å². The van der Waals surface area contributed by atoms with Gasteiger partial charge in [0, 0.05) is 36.1 Å². The Bertz CT molecular complexity index is 1030. The fraction of sp³-hybridized carbons (Fsp3) is 0.200. The van der Waals surface area contributed by atoms with Crippen LogP contribution in [0.25, 0.3) is 0 Å². The van der Waals surface area contributed by atoms with Crippen molar-refractivity contribution in [1.29, 1.82) is 0 Å². The number of aliphatic carboxylic acids is 1. The van der Waals surface area contributed by atoms with E-state index < -0.39 is 12.6 Å². The highest BCUT2D eigenvalue weighted by Crippen LogP contribution is 2.42. The number of aromatic nitrogens is 1. The molecule has 0 saturated carbocycles. The molecule has 0 radical (unpaired) electrons. The summed E-state index contributed by atoms with van der Waals surface area (Å²) in [7, 11) is 1.47. The van der Waals surface area contributed by atoms with Crippen LogP contribution in [0.1, 0.15) is 15.9 Å². The van der Waals surface area contributed by atoms with Gasteiger partial charge in [-0.3, -0.25) is 14.8 Å². The number of allylic oxidation sites excluding steroid dienone is 1. The Hall–Kier alpha value is -3.88. The second-order valence-corrected chi connectivity index (χ2v) is 6.32. The second kappa shape index (κ2) is 7.63. The first-order chi connectivity index (χ1) is 14.1. The lowest BCUT2D eigenvalue weighted by Crippen LogP contribution is -2.36. The van der Waals surface area contributed by atoms with Crippen molar-refractivity contribution in [2.45, 2.75) is 0 Å². The quantitative estimate of drug-likeness (QED) is 0.563. The summed E-state index contributed by atoms with van der Waals surface area (Å²) in [6.07, 6.45) is 4.60. The maximum absolute atomic E-state index is 12.7. The number of anilines is 1. The summed E-state index contributed by atoms with van der Waals surface area (Å²) in [4.78, 5) is 34.0. The van der Waals surface area contributed by atoms with Crippen molar-refractivity contribution >= 4 is 23.3 Å². The molecular formula is C20H18N4O5. The van der Waals surface area contributed by atoms with Gasteiger partial charge in [-0.2, -0.15) is 0 Å². The average Bonchev–Trinajstić information content (AvgIpc) is 3.23. The van der Waals surface area contributed by atoms with Crippen molar-refractivity contribution in [3.63, 3.8) is 0 Å². The van der Waals surface area contributed by atoms with Gasteiger partial charge in [0.05, 0.1) is 19.3 Å². The number of fused-ring (bicyclic) bond motifs is 3. The predicted molar refractivity (Wildman–Crippen MR) is 105 cm³/mol. The first kappa shape index (κ1) is 18.5. The second-order valence-electron chi connectivity index (χ2n) is 6.32. The largest absolute Gasteiger partial charge is 0.491 e. The topological polar surface area (TPSA) is 113 Å². The van der Waals surface area contributed by atoms with Gasteiger partial charge in [0.2, 0.25) is 0 Å². The minimum Gasteiger partial charge on any atom is -0.491 e. The molecule has 0 atom stereocenters. The molecule has 0 saturated heterocycles. The lowest BCUT2D eigenvalue weighted by atomic mass is 10.1. The molecule has 29 heavy (non-hydrogen) atoms. The molecule has 9 nitrogen and oxygen atoms in total. The molecule has 148 valence electrons. The molecule has 4 rings (SSSR count). The summed E-state index contributed by atoms with van der Waals surface area (Å²) in [5.74, 6) is 0.603. The first-order valence-corrected chi connectivity index (χ1v) is 8.89. The van der Waals surface area contributed by atoms with Crippen LogP contribution < -0.4 is 14.8 Å². The van der Waals surface area contributed by atoms with E-state index in [0.717, 1.165) is 5.56 Å². The third-order valence-electron chi connectivity index (χ3n) is 4.52. The van der Waals surface area contributed by atoms with Gasteiger partial charge in [0.15, 0.2) is 23.9 Å². The number of nitrogens with zero attached hydrogens (tertiary/aromatic N) is 3. The maximum atomic E-state index is 12.7. The number of nitrogens with one attached hydrogen (secondary N) is 1. The summed E-state index contributed by atoms with van der Waals surface area (Å²) >= 11 is 0. The zero-order valence-electron chi connectivity index (χ0n) is 15.6. The third kappa shape index (κ3) is 3.49. The molecule has 2 aliphatic heterocycles. The van der Waals surface area contributed by atoms with Crippen LogP contribution in [-0.4, -0.2) is 59.4 Å². The molecule has 2 aliphatic rings. The predicted octanol–water partition coefficient (Wildman–Crippen LogP) is 1.77. The van der Waals surface area contributed by atoms with E-state index in [4.69, 9.17) is 14.6 Å². The number of carbonyl (C=O) groups is 2. The third-order valence-corrected chi connectivity index (χ3v) is 4.52. The molecule has 0 amide bonds. The molecule has 1 aromatic heterocycles. The average molecular weight is 394 g/mol. The van der Waals surface area contributed by atoms with Crippen molar-refractivity contribution in [1.82, 2.24) is 9.88 Å². The Morgan fingerprint density at radius 1 is 1.34 bits per heavy atom. The van der Waals surface area contributed by atoms with Gasteiger partial charge >= 0.3 is 5.97 Å². The van der Waals surface area contributed by atoms with Crippen LogP contribution >= 0.6 is 0 Å². The van der Waals surface area contributed by atoms with Crippen molar-refractivity contribution in [2.75, 3.05) is 32.1 Å². The summed E-state index contributed by atoms with van der Waals surface area (Å²) in [5, 5.41) is 12.1. The fourth-order valence-electron chi connectivity index (χ4n) is 3.27. The molecule has 2 aromatic rings. The molecule has 9 heteroatoms. The van der Waals surface area contributed by atoms with E-state index in [1.165, 1.54) is 19.4 Å². The smallest absolute Gasteiger partial charge is 0.341 e. The summed E-state index contributed by atoms with van der Waals surface area (Å²) < 4.78 is 10.8. The highest BCUT2D eigenvalue weighted by atomic mass is 16.5. The number of hydrogen-bond donors (Lipinski definition) is 2. The Labute approximate surface area is 166 Å². The first-order valence-electron chi connectivity index (χ1n) is 8.89. The van der Waals surface area contributed by atoms with Crippen LogP contribution in [0.3, 0.4) is 0 Å². The highest BCUT2D eigenvalue weighted by Gasteiger charge is 2.33. The zero-order valence-corrected chi connectivity index (χ0v) is 15.6. The Balaban J connectivity index is 1.74. The Morgan fingerprint density at radius 2 is 2.21 bits per heavy atom.